The van der Waals surface area contributed by atoms with Crippen LogP contribution in [0.5, 0.6) is 0 Å². The number of hydrogen-bond donors (Lipinski definition) is 1. The second kappa shape index (κ2) is 7.48. The quantitative estimate of drug-likeness (QED) is 0.734. The molecule has 7 nitrogen and oxygen atoms in total. The third kappa shape index (κ3) is 4.35. The van der Waals surface area contributed by atoms with Crippen LogP contribution in [0.2, 0.25) is 0 Å². The first kappa shape index (κ1) is 16.5. The summed E-state index contributed by atoms with van der Waals surface area (Å²) < 4.78 is 6.50. The van der Waals surface area contributed by atoms with Gasteiger partial charge >= 0.3 is 5.69 Å². The molecule has 1 N–H and O–H groups in total. The highest BCUT2D eigenvalue weighted by Crippen LogP contribution is 2.11. The summed E-state index contributed by atoms with van der Waals surface area (Å²) >= 11 is 0. The summed E-state index contributed by atoms with van der Waals surface area (Å²) in [5.74, 6) is 0.396. The van der Waals surface area contributed by atoms with Crippen LogP contribution in [-0.4, -0.2) is 20.4 Å². The van der Waals surface area contributed by atoms with Crippen molar-refractivity contribution in [3.05, 3.63) is 93.2 Å². The predicted molar refractivity (Wildman–Crippen MR) is 90.7 cm³/mol. The summed E-state index contributed by atoms with van der Waals surface area (Å²) in [4.78, 5) is 39.4. The number of furan rings is 1. The molecule has 0 fully saturated rings. The van der Waals surface area contributed by atoms with Crippen LogP contribution in [0.3, 0.4) is 0 Å². The van der Waals surface area contributed by atoms with Crippen molar-refractivity contribution in [3.8, 4) is 0 Å². The zero-order valence-electron chi connectivity index (χ0n) is 13.4. The monoisotopic (exact) mass is 339 g/mol. The molecule has 0 radical (unpaired) electrons. The van der Waals surface area contributed by atoms with Gasteiger partial charge in [-0.25, -0.2) is 4.79 Å². The molecule has 0 bridgehead atoms. The Hall–Kier alpha value is -3.35. The number of carbonyl (C=O) groups excluding carboxylic acids is 1. The number of rotatable bonds is 6. The largest absolute Gasteiger partial charge is 0.467 e. The Morgan fingerprint density at radius 2 is 1.84 bits per heavy atom. The van der Waals surface area contributed by atoms with Crippen LogP contribution in [0.4, 0.5) is 0 Å². The molecule has 0 aliphatic rings. The molecule has 1 aromatic carbocycles. The zero-order valence-corrected chi connectivity index (χ0v) is 13.4. The Morgan fingerprint density at radius 1 is 1.04 bits per heavy atom. The lowest BCUT2D eigenvalue weighted by molar-refractivity contribution is -0.133. The second-order valence-electron chi connectivity index (χ2n) is 5.55. The zero-order chi connectivity index (χ0) is 17.6. The molecule has 0 aliphatic heterocycles. The van der Waals surface area contributed by atoms with Crippen LogP contribution in [0, 0.1) is 0 Å². The number of benzene rings is 1. The van der Waals surface area contributed by atoms with E-state index in [2.05, 4.69) is 4.98 Å². The van der Waals surface area contributed by atoms with Gasteiger partial charge in [-0.2, -0.15) is 0 Å². The third-order valence-corrected chi connectivity index (χ3v) is 3.70. The van der Waals surface area contributed by atoms with E-state index in [0.29, 0.717) is 18.8 Å². The van der Waals surface area contributed by atoms with Crippen molar-refractivity contribution < 1.29 is 9.21 Å². The smallest absolute Gasteiger partial charge is 0.328 e. The summed E-state index contributed by atoms with van der Waals surface area (Å²) in [5.41, 5.74) is -0.139. The van der Waals surface area contributed by atoms with Crippen molar-refractivity contribution in [1.29, 1.82) is 0 Å². The molecule has 0 unspecified atom stereocenters. The van der Waals surface area contributed by atoms with Gasteiger partial charge in [0, 0.05) is 18.8 Å². The van der Waals surface area contributed by atoms with E-state index in [9.17, 15) is 14.4 Å². The Bertz CT molecular complexity index is 942. The average molecular weight is 339 g/mol. The fraction of sp³-hybridized carbons (Fsp3) is 0.167. The first-order chi connectivity index (χ1) is 12.1. The summed E-state index contributed by atoms with van der Waals surface area (Å²) in [7, 11) is 0. The molecule has 0 saturated heterocycles. The molecule has 0 spiro atoms. The van der Waals surface area contributed by atoms with Gasteiger partial charge in [0.05, 0.1) is 12.8 Å². The summed E-state index contributed by atoms with van der Waals surface area (Å²) in [6.45, 7) is 0.514. The van der Waals surface area contributed by atoms with E-state index < -0.39 is 11.2 Å². The molecule has 0 saturated carbocycles. The second-order valence-corrected chi connectivity index (χ2v) is 5.55. The van der Waals surface area contributed by atoms with E-state index >= 15 is 0 Å². The molecule has 2 heterocycles. The molecule has 3 aromatic rings. The maximum absolute atomic E-state index is 12.7. The van der Waals surface area contributed by atoms with Crippen LogP contribution in [0.25, 0.3) is 0 Å². The molecule has 7 heteroatoms. The number of aromatic nitrogens is 2. The van der Waals surface area contributed by atoms with Gasteiger partial charge in [-0.05, 0) is 17.7 Å². The lowest BCUT2D eigenvalue weighted by Crippen LogP contribution is -2.37. The minimum absolute atomic E-state index is 0.164. The Labute approximate surface area is 143 Å². The summed E-state index contributed by atoms with van der Waals surface area (Å²) in [5, 5.41) is 0. The predicted octanol–water partition coefficient (Wildman–Crippen LogP) is 1.36. The number of nitrogens with one attached hydrogen (secondary N) is 1. The maximum Gasteiger partial charge on any atom is 0.328 e. The van der Waals surface area contributed by atoms with Crippen LogP contribution in [-0.2, 0) is 24.4 Å². The first-order valence-electron chi connectivity index (χ1n) is 7.75. The molecule has 128 valence electrons. The fourth-order valence-corrected chi connectivity index (χ4v) is 2.44. The van der Waals surface area contributed by atoms with Gasteiger partial charge in [-0.3, -0.25) is 19.1 Å². The van der Waals surface area contributed by atoms with Crippen LogP contribution >= 0.6 is 0 Å². The first-order valence-corrected chi connectivity index (χ1v) is 7.75. The van der Waals surface area contributed by atoms with Crippen molar-refractivity contribution in [1.82, 2.24) is 14.5 Å². The summed E-state index contributed by atoms with van der Waals surface area (Å²) in [6.07, 6.45) is 2.86. The topological polar surface area (TPSA) is 88.3 Å². The maximum atomic E-state index is 12.7. The minimum Gasteiger partial charge on any atom is -0.467 e. The minimum atomic E-state index is -0.612. The molecule has 1 amide bonds. The molecule has 2 aromatic heterocycles. The molecule has 3 rings (SSSR count). The van der Waals surface area contributed by atoms with Gasteiger partial charge in [0.2, 0.25) is 5.91 Å². The van der Waals surface area contributed by atoms with Gasteiger partial charge in [0.15, 0.2) is 0 Å². The number of aromatic amines is 1. The highest BCUT2D eigenvalue weighted by atomic mass is 16.3. The highest BCUT2D eigenvalue weighted by molar-refractivity contribution is 5.76. The lowest BCUT2D eigenvalue weighted by atomic mass is 10.2. The van der Waals surface area contributed by atoms with Crippen molar-refractivity contribution in [2.75, 3.05) is 0 Å². The lowest BCUT2D eigenvalue weighted by Gasteiger charge is -2.22. The standard InChI is InChI=1S/C18H17N3O4/c22-16-8-9-20(18(24)19-16)13-17(23)21(12-15-7-4-10-25-15)11-14-5-2-1-3-6-14/h1-10H,11-13H2,(H,19,22,24). The van der Waals surface area contributed by atoms with E-state index in [-0.39, 0.29) is 12.5 Å². The number of amides is 1. The average Bonchev–Trinajstić information content (AvgIpc) is 3.11. The Morgan fingerprint density at radius 3 is 2.52 bits per heavy atom. The van der Waals surface area contributed by atoms with Crippen molar-refractivity contribution in [2.45, 2.75) is 19.6 Å². The number of nitrogens with zero attached hydrogens (tertiary/aromatic N) is 2. The van der Waals surface area contributed by atoms with Crippen molar-refractivity contribution in [2.24, 2.45) is 0 Å². The third-order valence-electron chi connectivity index (χ3n) is 3.70. The van der Waals surface area contributed by atoms with E-state index in [1.165, 1.54) is 16.8 Å². The van der Waals surface area contributed by atoms with Crippen LogP contribution < -0.4 is 11.2 Å². The molecule has 0 atom stereocenters. The van der Waals surface area contributed by atoms with E-state index in [1.807, 2.05) is 30.3 Å². The van der Waals surface area contributed by atoms with Crippen molar-refractivity contribution in [3.63, 3.8) is 0 Å². The highest BCUT2D eigenvalue weighted by Gasteiger charge is 2.17. The van der Waals surface area contributed by atoms with Gasteiger partial charge < -0.3 is 9.32 Å². The van der Waals surface area contributed by atoms with E-state index in [4.69, 9.17) is 4.42 Å². The van der Waals surface area contributed by atoms with Gasteiger partial charge in [0.1, 0.15) is 12.3 Å². The summed E-state index contributed by atoms with van der Waals surface area (Å²) in [6, 6.07) is 14.3. The Kier molecular flexibility index (Phi) is 4.94. The van der Waals surface area contributed by atoms with Gasteiger partial charge in [-0.15, -0.1) is 0 Å². The molecular weight excluding hydrogens is 322 g/mol. The number of carbonyl (C=O) groups is 1. The normalized spacial score (nSPS) is 10.6. The number of H-pyrrole nitrogens is 1. The van der Waals surface area contributed by atoms with Crippen LogP contribution in [0.1, 0.15) is 11.3 Å². The number of hydrogen-bond acceptors (Lipinski definition) is 4. The molecular formula is C18H17N3O4. The van der Waals surface area contributed by atoms with Crippen molar-refractivity contribution >= 4 is 5.91 Å². The molecule has 25 heavy (non-hydrogen) atoms. The van der Waals surface area contributed by atoms with E-state index in [0.717, 1.165) is 5.56 Å². The van der Waals surface area contributed by atoms with Gasteiger partial charge in [0.25, 0.3) is 5.56 Å². The van der Waals surface area contributed by atoms with Crippen LogP contribution in [0.15, 0.2) is 75.0 Å². The van der Waals surface area contributed by atoms with E-state index in [1.54, 1.807) is 23.3 Å². The SMILES string of the molecule is O=C(Cn1ccc(=O)[nH]c1=O)N(Cc1ccccc1)Cc1ccco1. The van der Waals surface area contributed by atoms with Gasteiger partial charge in [-0.1, -0.05) is 30.3 Å². The Balaban J connectivity index is 1.80. The molecule has 0 aliphatic carbocycles. The fourth-order valence-electron chi connectivity index (χ4n) is 2.44.